The number of alkyl halides is 6. The molecule has 0 radical (unpaired) electrons. The molecule has 2 fully saturated rings. The maximum absolute atomic E-state index is 14.4. The van der Waals surface area contributed by atoms with Gasteiger partial charge in [-0.3, -0.25) is 4.79 Å². The first-order valence-corrected chi connectivity index (χ1v) is 11.8. The number of piperidine rings is 2. The Morgan fingerprint density at radius 1 is 0.944 bits per heavy atom. The van der Waals surface area contributed by atoms with Crippen LogP contribution in [-0.2, 0) is 21.3 Å². The van der Waals surface area contributed by atoms with Gasteiger partial charge in [0.1, 0.15) is 0 Å². The zero-order valence-electron chi connectivity index (χ0n) is 19.8. The van der Waals surface area contributed by atoms with E-state index in [0.717, 1.165) is 18.1 Å². The molecule has 4 rings (SSSR count). The number of ether oxygens (including phenoxy) is 1. The van der Waals surface area contributed by atoms with E-state index in [1.807, 2.05) is 0 Å². The minimum atomic E-state index is -5.02. The molecule has 4 nitrogen and oxygen atoms in total. The average Bonchev–Trinajstić information content (AvgIpc) is 2.85. The Bertz CT molecular complexity index is 1060. The smallest absolute Gasteiger partial charge is 0.356 e. The van der Waals surface area contributed by atoms with Gasteiger partial charge in [-0.15, -0.1) is 0 Å². The van der Waals surface area contributed by atoms with E-state index in [9.17, 15) is 31.1 Å². The molecule has 2 aromatic carbocycles. The molecule has 1 spiro atoms. The number of carbonyl (C=O) groups excluding carboxylic acids is 1. The Hall–Kier alpha value is -2.59. The first-order chi connectivity index (χ1) is 17.0. The lowest BCUT2D eigenvalue weighted by atomic mass is 9.62. The van der Waals surface area contributed by atoms with Crippen LogP contribution in [0.2, 0.25) is 0 Å². The number of hydrogen-bond donors (Lipinski definition) is 1. The molecule has 0 saturated carbocycles. The highest BCUT2D eigenvalue weighted by Crippen LogP contribution is 2.52. The average molecular weight is 515 g/mol. The van der Waals surface area contributed by atoms with Gasteiger partial charge in [-0.1, -0.05) is 48.5 Å². The highest BCUT2D eigenvalue weighted by Gasteiger charge is 2.64. The highest BCUT2D eigenvalue weighted by atomic mass is 19.4. The van der Waals surface area contributed by atoms with Gasteiger partial charge in [0, 0.05) is 38.2 Å². The molecule has 0 aliphatic carbocycles. The van der Waals surface area contributed by atoms with E-state index < -0.39 is 40.8 Å². The van der Waals surface area contributed by atoms with Crippen LogP contribution in [0.3, 0.4) is 0 Å². The second-order valence-electron chi connectivity index (χ2n) is 9.50. The van der Waals surface area contributed by atoms with Gasteiger partial charge in [0.25, 0.3) is 11.5 Å². The molecular weight excluding hydrogens is 486 g/mol. The summed E-state index contributed by atoms with van der Waals surface area (Å²) < 4.78 is 89.4. The summed E-state index contributed by atoms with van der Waals surface area (Å²) in [6.07, 6.45) is -8.38. The summed E-state index contributed by atoms with van der Waals surface area (Å²) in [5.41, 5.74) is -4.55. The van der Waals surface area contributed by atoms with Crippen molar-refractivity contribution in [3.8, 4) is 0 Å². The second kappa shape index (κ2) is 9.70. The summed E-state index contributed by atoms with van der Waals surface area (Å²) in [5.74, 6) is -1.69. The number of halogens is 6. The van der Waals surface area contributed by atoms with Gasteiger partial charge in [-0.05, 0) is 42.9 Å². The highest BCUT2D eigenvalue weighted by molar-refractivity contribution is 5.88. The lowest BCUT2D eigenvalue weighted by Crippen LogP contribution is -2.59. The third kappa shape index (κ3) is 4.49. The Labute approximate surface area is 205 Å². The summed E-state index contributed by atoms with van der Waals surface area (Å²) in [7, 11) is 0.862. The Morgan fingerprint density at radius 3 is 2.14 bits per heavy atom. The van der Waals surface area contributed by atoms with Crippen LogP contribution in [0.25, 0.3) is 0 Å². The fourth-order valence-electron chi connectivity index (χ4n) is 5.85. The number of hydrogen-bond acceptors (Lipinski definition) is 3. The fraction of sp³-hybridized carbons (Fsp3) is 0.500. The summed E-state index contributed by atoms with van der Waals surface area (Å²) in [6, 6.07) is 12.2. The van der Waals surface area contributed by atoms with E-state index in [1.54, 1.807) is 12.1 Å². The van der Waals surface area contributed by atoms with Crippen LogP contribution in [0.1, 0.15) is 41.9 Å². The predicted octanol–water partition coefficient (Wildman–Crippen LogP) is 5.50. The zero-order chi connectivity index (χ0) is 26.2. The van der Waals surface area contributed by atoms with Crippen LogP contribution in [0, 0.1) is 5.41 Å². The normalized spacial score (nSPS) is 22.3. The third-order valence-electron chi connectivity index (χ3n) is 7.76. The first-order valence-electron chi connectivity index (χ1n) is 11.8. The molecule has 2 aromatic rings. The number of carbonyl (C=O) groups is 1. The summed E-state index contributed by atoms with van der Waals surface area (Å²) >= 11 is 0. The van der Waals surface area contributed by atoms with Crippen molar-refractivity contribution in [2.75, 3.05) is 33.3 Å². The van der Waals surface area contributed by atoms with E-state index in [-0.39, 0.29) is 24.2 Å². The molecule has 1 unspecified atom stereocenters. The Morgan fingerprint density at radius 2 is 1.56 bits per heavy atom. The monoisotopic (exact) mass is 514 g/mol. The minimum Gasteiger partial charge on any atom is -0.356 e. The fourth-order valence-corrected chi connectivity index (χ4v) is 5.85. The molecule has 0 bridgehead atoms. The third-order valence-corrected chi connectivity index (χ3v) is 7.76. The molecule has 10 heteroatoms. The lowest BCUT2D eigenvalue weighted by Gasteiger charge is -2.51. The molecule has 196 valence electrons. The molecule has 2 heterocycles. The van der Waals surface area contributed by atoms with Crippen LogP contribution >= 0.6 is 0 Å². The van der Waals surface area contributed by atoms with Crippen LogP contribution in [0.5, 0.6) is 0 Å². The van der Waals surface area contributed by atoms with E-state index in [2.05, 4.69) is 5.32 Å². The molecule has 0 aromatic heterocycles. The Balaban J connectivity index is 1.63. The molecule has 2 aliphatic rings. The molecule has 2 atom stereocenters. The van der Waals surface area contributed by atoms with Gasteiger partial charge in [-0.25, -0.2) is 0 Å². The van der Waals surface area contributed by atoms with E-state index in [4.69, 9.17) is 4.74 Å². The lowest BCUT2D eigenvalue weighted by molar-refractivity contribution is -0.271. The number of nitrogens with zero attached hydrogens (tertiary/aromatic N) is 1. The zero-order valence-corrected chi connectivity index (χ0v) is 19.8. The molecular formula is C26H28F6N2O2. The molecule has 2 aliphatic heterocycles. The van der Waals surface area contributed by atoms with Crippen molar-refractivity contribution in [1.82, 2.24) is 10.2 Å². The standard InChI is InChI=1S/C26H28F6N2O2/c1-36-24(26(30,31)32,18-7-3-2-4-8-18)22(35)34-15-12-23(13-16-34)11-14-33-17-21(23)19-9-5-6-10-20(19)25(27,28)29/h2-10,21,33H,11-17H2,1H3/t21?,24-/m1/s1. The van der Waals surface area contributed by atoms with Gasteiger partial charge in [-0.2, -0.15) is 26.3 Å². The molecule has 36 heavy (non-hydrogen) atoms. The predicted molar refractivity (Wildman–Crippen MR) is 121 cm³/mol. The van der Waals surface area contributed by atoms with Crippen LogP contribution in [-0.4, -0.2) is 50.3 Å². The summed E-state index contributed by atoms with van der Waals surface area (Å²) in [5, 5.41) is 3.18. The van der Waals surface area contributed by atoms with Crippen molar-refractivity contribution in [2.24, 2.45) is 5.41 Å². The van der Waals surface area contributed by atoms with Crippen LogP contribution < -0.4 is 5.32 Å². The number of benzene rings is 2. The molecule has 1 N–H and O–H groups in total. The van der Waals surface area contributed by atoms with E-state index in [1.165, 1.54) is 36.4 Å². The second-order valence-corrected chi connectivity index (χ2v) is 9.50. The Kier molecular flexibility index (Phi) is 7.13. The summed E-state index contributed by atoms with van der Waals surface area (Å²) in [4.78, 5) is 14.6. The number of likely N-dealkylation sites (tertiary alicyclic amines) is 1. The van der Waals surface area contributed by atoms with Crippen LogP contribution in [0.4, 0.5) is 26.3 Å². The van der Waals surface area contributed by atoms with E-state index >= 15 is 0 Å². The number of amides is 1. The summed E-state index contributed by atoms with van der Waals surface area (Å²) in [6.45, 7) is 0.915. The first kappa shape index (κ1) is 26.5. The molecule has 1 amide bonds. The topological polar surface area (TPSA) is 41.6 Å². The quantitative estimate of drug-likeness (QED) is 0.549. The van der Waals surface area contributed by atoms with Gasteiger partial charge in [0.2, 0.25) is 0 Å². The van der Waals surface area contributed by atoms with Crippen molar-refractivity contribution < 1.29 is 35.9 Å². The van der Waals surface area contributed by atoms with Crippen molar-refractivity contribution in [1.29, 1.82) is 0 Å². The van der Waals surface area contributed by atoms with Crippen molar-refractivity contribution >= 4 is 5.91 Å². The van der Waals surface area contributed by atoms with Gasteiger partial charge in [0.05, 0.1) is 5.56 Å². The van der Waals surface area contributed by atoms with Crippen molar-refractivity contribution in [3.63, 3.8) is 0 Å². The van der Waals surface area contributed by atoms with Gasteiger partial charge in [0.15, 0.2) is 0 Å². The van der Waals surface area contributed by atoms with E-state index in [0.29, 0.717) is 32.4 Å². The molecule has 2 saturated heterocycles. The van der Waals surface area contributed by atoms with Crippen LogP contribution in [0.15, 0.2) is 54.6 Å². The largest absolute Gasteiger partial charge is 0.430 e. The van der Waals surface area contributed by atoms with Crippen molar-refractivity contribution in [3.05, 3.63) is 71.3 Å². The maximum Gasteiger partial charge on any atom is 0.430 e. The SMILES string of the molecule is CO[C@@](C(=O)N1CCC2(CCNCC2c2ccccc2C(F)(F)F)CC1)(c1ccccc1)C(F)(F)F. The number of methoxy groups -OCH3 is 1. The van der Waals surface area contributed by atoms with Gasteiger partial charge >= 0.3 is 12.4 Å². The maximum atomic E-state index is 14.4. The van der Waals surface area contributed by atoms with Crippen molar-refractivity contribution in [2.45, 2.75) is 43.1 Å². The number of rotatable bonds is 4. The minimum absolute atomic E-state index is 0.00244. The number of nitrogens with one attached hydrogen (secondary N) is 1. The van der Waals surface area contributed by atoms with Gasteiger partial charge < -0.3 is 15.0 Å².